The lowest BCUT2D eigenvalue weighted by Gasteiger charge is -2.15. The molecule has 0 bridgehead atoms. The summed E-state index contributed by atoms with van der Waals surface area (Å²) in [6, 6.07) is 12.5. The van der Waals surface area contributed by atoms with Crippen molar-refractivity contribution in [2.75, 3.05) is 10.6 Å². The van der Waals surface area contributed by atoms with E-state index in [1.54, 1.807) is 43.3 Å². The molecule has 0 aliphatic heterocycles. The van der Waals surface area contributed by atoms with Gasteiger partial charge in [0.05, 0.1) is 5.69 Å². The molecular formula is C15H14ClFN2O. The van der Waals surface area contributed by atoms with E-state index in [4.69, 9.17) is 11.6 Å². The van der Waals surface area contributed by atoms with Crippen molar-refractivity contribution in [3.05, 3.63) is 59.4 Å². The molecule has 20 heavy (non-hydrogen) atoms. The molecule has 0 fully saturated rings. The normalized spacial score (nSPS) is 11.8. The minimum absolute atomic E-state index is 0.169. The summed E-state index contributed by atoms with van der Waals surface area (Å²) in [6.45, 7) is 1.70. The third-order valence-electron chi connectivity index (χ3n) is 2.75. The lowest BCUT2D eigenvalue weighted by Crippen LogP contribution is -2.32. The third-order valence-corrected chi connectivity index (χ3v) is 3.00. The van der Waals surface area contributed by atoms with Crippen LogP contribution in [0.3, 0.4) is 0 Å². The van der Waals surface area contributed by atoms with Gasteiger partial charge in [-0.3, -0.25) is 4.79 Å². The number of hydrogen-bond acceptors (Lipinski definition) is 2. The van der Waals surface area contributed by atoms with Crippen LogP contribution in [0.15, 0.2) is 48.5 Å². The Morgan fingerprint density at radius 2 is 1.80 bits per heavy atom. The van der Waals surface area contributed by atoms with Gasteiger partial charge in [0.2, 0.25) is 5.91 Å². The van der Waals surface area contributed by atoms with Crippen molar-refractivity contribution in [3.63, 3.8) is 0 Å². The quantitative estimate of drug-likeness (QED) is 0.897. The summed E-state index contributed by atoms with van der Waals surface area (Å²) in [7, 11) is 0. The van der Waals surface area contributed by atoms with Crippen molar-refractivity contribution < 1.29 is 9.18 Å². The predicted molar refractivity (Wildman–Crippen MR) is 79.6 cm³/mol. The SMILES string of the molecule is CC(Nc1ccc(Cl)cc1)C(=O)Nc1ccccc1F. The van der Waals surface area contributed by atoms with Crippen molar-refractivity contribution in [1.82, 2.24) is 0 Å². The van der Waals surface area contributed by atoms with Crippen LogP contribution < -0.4 is 10.6 Å². The van der Waals surface area contributed by atoms with Gasteiger partial charge in [-0.05, 0) is 43.3 Å². The van der Waals surface area contributed by atoms with E-state index in [0.717, 1.165) is 5.69 Å². The Bertz CT molecular complexity index is 601. The number of para-hydroxylation sites is 1. The fourth-order valence-electron chi connectivity index (χ4n) is 1.67. The minimum atomic E-state index is -0.504. The van der Waals surface area contributed by atoms with Crippen LogP contribution in [0.4, 0.5) is 15.8 Å². The van der Waals surface area contributed by atoms with E-state index in [2.05, 4.69) is 10.6 Å². The fourth-order valence-corrected chi connectivity index (χ4v) is 1.79. The second-order valence-electron chi connectivity index (χ2n) is 4.34. The van der Waals surface area contributed by atoms with Gasteiger partial charge in [-0.25, -0.2) is 4.39 Å². The average molecular weight is 293 g/mol. The molecule has 1 atom stereocenters. The average Bonchev–Trinajstić information content (AvgIpc) is 2.44. The number of halogens is 2. The lowest BCUT2D eigenvalue weighted by molar-refractivity contribution is -0.116. The number of carbonyl (C=O) groups is 1. The van der Waals surface area contributed by atoms with E-state index in [9.17, 15) is 9.18 Å². The Morgan fingerprint density at radius 1 is 1.15 bits per heavy atom. The van der Waals surface area contributed by atoms with E-state index in [0.29, 0.717) is 5.02 Å². The molecule has 2 aromatic carbocycles. The number of anilines is 2. The van der Waals surface area contributed by atoms with Crippen LogP contribution in [0, 0.1) is 5.82 Å². The van der Waals surface area contributed by atoms with Gasteiger partial charge < -0.3 is 10.6 Å². The predicted octanol–water partition coefficient (Wildman–Crippen LogP) is 3.92. The molecule has 0 heterocycles. The minimum Gasteiger partial charge on any atom is -0.374 e. The molecule has 0 saturated heterocycles. The first-order chi connectivity index (χ1) is 9.56. The zero-order chi connectivity index (χ0) is 14.5. The van der Waals surface area contributed by atoms with E-state index in [-0.39, 0.29) is 11.6 Å². The van der Waals surface area contributed by atoms with E-state index >= 15 is 0 Å². The molecule has 0 saturated carbocycles. The van der Waals surface area contributed by atoms with Crippen molar-refractivity contribution in [2.24, 2.45) is 0 Å². The molecular weight excluding hydrogens is 279 g/mol. The van der Waals surface area contributed by atoms with Crippen LogP contribution in [-0.4, -0.2) is 11.9 Å². The Hall–Kier alpha value is -2.07. The van der Waals surface area contributed by atoms with Crippen LogP contribution in [0.2, 0.25) is 5.02 Å². The highest BCUT2D eigenvalue weighted by atomic mass is 35.5. The van der Waals surface area contributed by atoms with E-state index in [1.807, 2.05) is 0 Å². The fraction of sp³-hybridized carbons (Fsp3) is 0.133. The number of rotatable bonds is 4. The van der Waals surface area contributed by atoms with Gasteiger partial charge in [-0.2, -0.15) is 0 Å². The highest BCUT2D eigenvalue weighted by molar-refractivity contribution is 6.30. The molecule has 2 N–H and O–H groups in total. The smallest absolute Gasteiger partial charge is 0.246 e. The van der Waals surface area contributed by atoms with Gasteiger partial charge in [0, 0.05) is 10.7 Å². The topological polar surface area (TPSA) is 41.1 Å². The maximum Gasteiger partial charge on any atom is 0.246 e. The van der Waals surface area contributed by atoms with Crippen molar-refractivity contribution >= 4 is 28.9 Å². The van der Waals surface area contributed by atoms with E-state index in [1.165, 1.54) is 12.1 Å². The number of nitrogens with one attached hydrogen (secondary N) is 2. The highest BCUT2D eigenvalue weighted by Gasteiger charge is 2.14. The second kappa shape index (κ2) is 6.39. The van der Waals surface area contributed by atoms with Gasteiger partial charge in [0.25, 0.3) is 0 Å². The van der Waals surface area contributed by atoms with Gasteiger partial charge >= 0.3 is 0 Å². The maximum atomic E-state index is 13.4. The lowest BCUT2D eigenvalue weighted by atomic mass is 10.2. The molecule has 104 valence electrons. The van der Waals surface area contributed by atoms with Crippen LogP contribution in [0.25, 0.3) is 0 Å². The summed E-state index contributed by atoms with van der Waals surface area (Å²) in [5.74, 6) is -0.774. The number of carbonyl (C=O) groups excluding carboxylic acids is 1. The van der Waals surface area contributed by atoms with Crippen molar-refractivity contribution in [2.45, 2.75) is 13.0 Å². The molecule has 0 aliphatic rings. The first kappa shape index (κ1) is 14.3. The van der Waals surface area contributed by atoms with Crippen LogP contribution >= 0.6 is 11.6 Å². The van der Waals surface area contributed by atoms with Crippen LogP contribution in [-0.2, 0) is 4.79 Å². The van der Waals surface area contributed by atoms with Gasteiger partial charge in [0.15, 0.2) is 0 Å². The zero-order valence-electron chi connectivity index (χ0n) is 10.9. The largest absolute Gasteiger partial charge is 0.374 e. The Labute approximate surface area is 121 Å². The second-order valence-corrected chi connectivity index (χ2v) is 4.78. The van der Waals surface area contributed by atoms with Crippen molar-refractivity contribution in [3.8, 4) is 0 Å². The summed E-state index contributed by atoms with van der Waals surface area (Å²) in [6.07, 6.45) is 0. The third kappa shape index (κ3) is 3.71. The Kier molecular flexibility index (Phi) is 4.58. The molecule has 2 aromatic rings. The van der Waals surface area contributed by atoms with Gasteiger partial charge in [-0.1, -0.05) is 23.7 Å². The molecule has 0 spiro atoms. The molecule has 0 aromatic heterocycles. The van der Waals surface area contributed by atoms with Gasteiger partial charge in [0.1, 0.15) is 11.9 Å². The van der Waals surface area contributed by atoms with Gasteiger partial charge in [-0.15, -0.1) is 0 Å². The summed E-state index contributed by atoms with van der Waals surface area (Å²) >= 11 is 5.79. The first-order valence-electron chi connectivity index (χ1n) is 6.14. The summed E-state index contributed by atoms with van der Waals surface area (Å²) < 4.78 is 13.4. The van der Waals surface area contributed by atoms with Crippen molar-refractivity contribution in [1.29, 1.82) is 0 Å². The van der Waals surface area contributed by atoms with Crippen LogP contribution in [0.5, 0.6) is 0 Å². The Balaban J connectivity index is 1.99. The zero-order valence-corrected chi connectivity index (χ0v) is 11.6. The number of benzene rings is 2. The number of amides is 1. The summed E-state index contributed by atoms with van der Waals surface area (Å²) in [5, 5.41) is 6.18. The first-order valence-corrected chi connectivity index (χ1v) is 6.51. The molecule has 2 rings (SSSR count). The molecule has 5 heteroatoms. The molecule has 1 unspecified atom stereocenters. The molecule has 3 nitrogen and oxygen atoms in total. The molecule has 0 radical (unpaired) electrons. The monoisotopic (exact) mass is 292 g/mol. The van der Waals surface area contributed by atoms with Crippen LogP contribution in [0.1, 0.15) is 6.92 Å². The summed E-state index contributed by atoms with van der Waals surface area (Å²) in [5.41, 5.74) is 0.938. The van der Waals surface area contributed by atoms with E-state index < -0.39 is 11.9 Å². The summed E-state index contributed by atoms with van der Waals surface area (Å²) in [4.78, 5) is 12.0. The standard InChI is InChI=1S/C15H14ClFN2O/c1-10(18-12-8-6-11(16)7-9-12)15(20)19-14-5-3-2-4-13(14)17/h2-10,18H,1H3,(H,19,20). The Morgan fingerprint density at radius 3 is 2.45 bits per heavy atom. The maximum absolute atomic E-state index is 13.4. The highest BCUT2D eigenvalue weighted by Crippen LogP contribution is 2.16. The molecule has 1 amide bonds. The number of hydrogen-bond donors (Lipinski definition) is 2. The molecule has 0 aliphatic carbocycles.